The fourth-order valence-electron chi connectivity index (χ4n) is 5.63. The molecule has 10 atom stereocenters. The predicted octanol–water partition coefficient (Wildman–Crippen LogP) is -0.476. The van der Waals surface area contributed by atoms with Crippen molar-refractivity contribution >= 4 is 0 Å². The SMILES string of the molecule is OCC1OC2(OCC3OC(OCCCCCC4CCCCC4)C(O)C(O)C3O2)C(O)CC(O)C1O. The van der Waals surface area contributed by atoms with Gasteiger partial charge in [-0.3, -0.25) is 0 Å². The van der Waals surface area contributed by atoms with Crippen LogP contribution in [0.3, 0.4) is 0 Å². The lowest BCUT2D eigenvalue weighted by Crippen LogP contribution is -2.68. The highest BCUT2D eigenvalue weighted by Crippen LogP contribution is 2.39. The van der Waals surface area contributed by atoms with Crippen molar-refractivity contribution in [3.63, 3.8) is 0 Å². The minimum atomic E-state index is -2.15. The molecule has 1 saturated carbocycles. The minimum Gasteiger partial charge on any atom is -0.394 e. The third-order valence-electron chi connectivity index (χ3n) is 7.80. The monoisotopic (exact) mass is 506 g/mol. The van der Waals surface area contributed by atoms with Crippen molar-refractivity contribution in [1.29, 1.82) is 0 Å². The first kappa shape index (κ1) is 27.6. The van der Waals surface area contributed by atoms with Gasteiger partial charge in [-0.2, -0.15) is 0 Å². The Morgan fingerprint density at radius 3 is 2.37 bits per heavy atom. The van der Waals surface area contributed by atoms with Crippen LogP contribution in [0.15, 0.2) is 0 Å². The molecule has 204 valence electrons. The molecule has 1 aliphatic carbocycles. The molecule has 3 saturated heterocycles. The summed E-state index contributed by atoms with van der Waals surface area (Å²) in [5.41, 5.74) is 0. The Hall–Kier alpha value is -0.440. The maximum atomic E-state index is 10.8. The van der Waals surface area contributed by atoms with Crippen molar-refractivity contribution in [3.8, 4) is 0 Å². The summed E-state index contributed by atoms with van der Waals surface area (Å²) in [6.45, 7) is -0.444. The Bertz CT molecular complexity index is 645. The van der Waals surface area contributed by atoms with Gasteiger partial charge in [-0.15, -0.1) is 0 Å². The number of aliphatic hydroxyl groups excluding tert-OH is 6. The third kappa shape index (κ3) is 6.35. The zero-order valence-corrected chi connectivity index (χ0v) is 20.2. The smallest absolute Gasteiger partial charge is 0.311 e. The van der Waals surface area contributed by atoms with E-state index < -0.39 is 67.7 Å². The number of unbranched alkanes of at least 4 members (excludes halogenated alkanes) is 2. The molecule has 10 unspecified atom stereocenters. The van der Waals surface area contributed by atoms with E-state index >= 15 is 0 Å². The number of rotatable bonds is 8. The van der Waals surface area contributed by atoms with Crippen molar-refractivity contribution in [2.45, 2.75) is 125 Å². The van der Waals surface area contributed by atoms with Crippen LogP contribution < -0.4 is 0 Å². The van der Waals surface area contributed by atoms with Gasteiger partial charge in [0.2, 0.25) is 0 Å². The molecule has 0 radical (unpaired) electrons. The second kappa shape index (κ2) is 12.4. The molecular formula is C24H42O11. The summed E-state index contributed by atoms with van der Waals surface area (Å²) in [5.74, 6) is -1.30. The Kier molecular flexibility index (Phi) is 9.78. The molecule has 6 N–H and O–H groups in total. The van der Waals surface area contributed by atoms with Crippen molar-refractivity contribution in [3.05, 3.63) is 0 Å². The first-order valence-electron chi connectivity index (χ1n) is 13.1. The van der Waals surface area contributed by atoms with Crippen molar-refractivity contribution in [2.75, 3.05) is 19.8 Å². The van der Waals surface area contributed by atoms with E-state index in [4.69, 9.17) is 23.7 Å². The molecule has 11 nitrogen and oxygen atoms in total. The van der Waals surface area contributed by atoms with Crippen LogP contribution >= 0.6 is 0 Å². The van der Waals surface area contributed by atoms with Gasteiger partial charge in [0.05, 0.1) is 19.3 Å². The molecule has 0 bridgehead atoms. The second-order valence-electron chi connectivity index (χ2n) is 10.4. The minimum absolute atomic E-state index is 0.170. The topological polar surface area (TPSA) is 168 Å². The van der Waals surface area contributed by atoms with E-state index in [1.807, 2.05) is 0 Å². The summed E-state index contributed by atoms with van der Waals surface area (Å²) >= 11 is 0. The number of hydrogen-bond donors (Lipinski definition) is 6. The summed E-state index contributed by atoms with van der Waals surface area (Å²) in [7, 11) is 0. The molecule has 1 spiro atoms. The molecule has 4 rings (SSSR count). The highest BCUT2D eigenvalue weighted by atomic mass is 16.9. The predicted molar refractivity (Wildman–Crippen MR) is 120 cm³/mol. The van der Waals surface area contributed by atoms with Crippen LogP contribution in [-0.2, 0) is 23.7 Å². The van der Waals surface area contributed by atoms with Gasteiger partial charge in [0, 0.05) is 13.0 Å². The van der Waals surface area contributed by atoms with Crippen LogP contribution in [0.1, 0.15) is 64.2 Å². The zero-order chi connectivity index (χ0) is 25.0. The molecular weight excluding hydrogens is 464 g/mol. The van der Waals surface area contributed by atoms with Crippen LogP contribution in [-0.4, -0.2) is 112 Å². The van der Waals surface area contributed by atoms with E-state index in [-0.39, 0.29) is 13.0 Å². The largest absolute Gasteiger partial charge is 0.394 e. The van der Waals surface area contributed by atoms with Gasteiger partial charge in [-0.25, -0.2) is 0 Å². The van der Waals surface area contributed by atoms with E-state index in [0.717, 1.165) is 25.2 Å². The van der Waals surface area contributed by atoms with Crippen LogP contribution in [0.4, 0.5) is 0 Å². The Morgan fingerprint density at radius 2 is 1.63 bits per heavy atom. The molecule has 4 fully saturated rings. The summed E-state index contributed by atoms with van der Waals surface area (Å²) in [6, 6.07) is 0. The Labute approximate surface area is 205 Å². The van der Waals surface area contributed by atoms with E-state index in [0.29, 0.717) is 6.61 Å². The first-order valence-corrected chi connectivity index (χ1v) is 13.1. The van der Waals surface area contributed by atoms with E-state index in [1.54, 1.807) is 0 Å². The van der Waals surface area contributed by atoms with Crippen LogP contribution in [0.5, 0.6) is 0 Å². The quantitative estimate of drug-likeness (QED) is 0.235. The van der Waals surface area contributed by atoms with E-state index in [2.05, 4.69) is 0 Å². The average Bonchev–Trinajstić information content (AvgIpc) is 2.95. The van der Waals surface area contributed by atoms with Gasteiger partial charge < -0.3 is 54.3 Å². The molecule has 0 amide bonds. The molecule has 3 heterocycles. The van der Waals surface area contributed by atoms with Gasteiger partial charge in [0.15, 0.2) is 6.29 Å². The van der Waals surface area contributed by atoms with Crippen molar-refractivity contribution in [2.24, 2.45) is 5.92 Å². The van der Waals surface area contributed by atoms with Crippen molar-refractivity contribution < 1.29 is 54.3 Å². The van der Waals surface area contributed by atoms with Crippen LogP contribution in [0, 0.1) is 5.92 Å². The molecule has 0 aromatic heterocycles. The van der Waals surface area contributed by atoms with E-state index in [9.17, 15) is 30.6 Å². The average molecular weight is 507 g/mol. The molecule has 35 heavy (non-hydrogen) atoms. The van der Waals surface area contributed by atoms with Gasteiger partial charge in [-0.1, -0.05) is 51.4 Å². The maximum Gasteiger partial charge on any atom is 0.311 e. The first-order chi connectivity index (χ1) is 16.8. The lowest BCUT2D eigenvalue weighted by atomic mass is 9.86. The summed E-state index contributed by atoms with van der Waals surface area (Å²) in [5, 5.41) is 61.7. The molecule has 0 aromatic carbocycles. The second-order valence-corrected chi connectivity index (χ2v) is 10.4. The van der Waals surface area contributed by atoms with Crippen LogP contribution in [0.2, 0.25) is 0 Å². The number of fused-ring (bicyclic) bond motifs is 1. The molecule has 11 heteroatoms. The third-order valence-corrected chi connectivity index (χ3v) is 7.80. The Balaban J connectivity index is 1.26. The summed E-state index contributed by atoms with van der Waals surface area (Å²) < 4.78 is 28.5. The fourth-order valence-corrected chi connectivity index (χ4v) is 5.63. The fraction of sp³-hybridized carbons (Fsp3) is 1.00. The van der Waals surface area contributed by atoms with E-state index in [1.165, 1.54) is 38.5 Å². The van der Waals surface area contributed by atoms with Crippen LogP contribution in [0.25, 0.3) is 0 Å². The van der Waals surface area contributed by atoms with Crippen molar-refractivity contribution in [1.82, 2.24) is 0 Å². The lowest BCUT2D eigenvalue weighted by Gasteiger charge is -2.50. The van der Waals surface area contributed by atoms with Gasteiger partial charge in [-0.05, 0) is 12.3 Å². The molecule has 3 aliphatic heterocycles. The maximum absolute atomic E-state index is 10.8. The number of aliphatic hydroxyl groups is 6. The lowest BCUT2D eigenvalue weighted by molar-refractivity contribution is -0.487. The Morgan fingerprint density at radius 1 is 0.857 bits per heavy atom. The summed E-state index contributed by atoms with van der Waals surface area (Å²) in [4.78, 5) is 0. The summed E-state index contributed by atoms with van der Waals surface area (Å²) in [6.07, 6.45) is -0.846. The van der Waals surface area contributed by atoms with Gasteiger partial charge in [0.1, 0.15) is 42.7 Å². The number of ether oxygens (including phenoxy) is 5. The highest BCUT2D eigenvalue weighted by molar-refractivity contribution is 4.97. The number of hydrogen-bond acceptors (Lipinski definition) is 11. The molecule has 4 aliphatic rings. The van der Waals surface area contributed by atoms with Gasteiger partial charge in [0.25, 0.3) is 0 Å². The normalized spacial score (nSPS) is 45.3. The standard InChI is InChI=1S/C24H42O11/c25-12-16-19(28)15(26)11-18(27)24(34-16)32-13-17-22(35-24)20(29)21(30)23(33-17)31-10-6-2-5-9-14-7-3-1-4-8-14/h14-23,25-30H,1-13H2. The zero-order valence-electron chi connectivity index (χ0n) is 20.2. The highest BCUT2D eigenvalue weighted by Gasteiger charge is 2.59. The van der Waals surface area contributed by atoms with Gasteiger partial charge >= 0.3 is 5.97 Å². The molecule has 0 aromatic rings.